The van der Waals surface area contributed by atoms with Crippen LogP contribution in [0.3, 0.4) is 0 Å². The molecule has 7 heteroatoms. The number of rotatable bonds is 6. The average molecular weight is 311 g/mol. The molecule has 1 aliphatic rings. The van der Waals surface area contributed by atoms with Gasteiger partial charge in [-0.3, -0.25) is 9.59 Å². The molecule has 0 spiro atoms. The largest absolute Gasteiger partial charge is 0.481 e. The topological polar surface area (TPSA) is 92.2 Å². The van der Waals surface area contributed by atoms with Crippen LogP contribution in [-0.2, 0) is 16.0 Å². The van der Waals surface area contributed by atoms with Crippen molar-refractivity contribution in [1.82, 2.24) is 10.2 Å². The maximum atomic E-state index is 12.1. The number of anilines is 1. The number of carboxylic acid groups (broad SMARTS) is 1. The van der Waals surface area contributed by atoms with Gasteiger partial charge in [-0.2, -0.15) is 0 Å². The van der Waals surface area contributed by atoms with E-state index >= 15 is 0 Å². The molecule has 1 aromatic rings. The second-order valence-electron chi connectivity index (χ2n) is 6.12. The molecule has 0 atom stereocenters. The van der Waals surface area contributed by atoms with E-state index in [1.165, 1.54) is 11.3 Å². The minimum atomic E-state index is -0.893. The zero-order chi connectivity index (χ0) is 15.5. The van der Waals surface area contributed by atoms with E-state index in [2.05, 4.69) is 29.4 Å². The Labute approximate surface area is 128 Å². The quantitative estimate of drug-likeness (QED) is 0.842. The fourth-order valence-corrected chi connectivity index (χ4v) is 3.69. The van der Waals surface area contributed by atoms with Gasteiger partial charge < -0.3 is 10.4 Å². The summed E-state index contributed by atoms with van der Waals surface area (Å²) in [7, 11) is 0. The summed E-state index contributed by atoms with van der Waals surface area (Å²) in [6.45, 7) is 4.19. The van der Waals surface area contributed by atoms with Crippen LogP contribution in [0.5, 0.6) is 0 Å². The number of aliphatic carboxylic acids is 1. The molecule has 1 saturated carbocycles. The summed E-state index contributed by atoms with van der Waals surface area (Å²) in [5, 5.41) is 21.4. The van der Waals surface area contributed by atoms with Gasteiger partial charge >= 0.3 is 5.97 Å². The van der Waals surface area contributed by atoms with Crippen LogP contribution in [0.25, 0.3) is 0 Å². The maximum absolute atomic E-state index is 12.1. The monoisotopic (exact) mass is 311 g/mol. The predicted molar refractivity (Wildman–Crippen MR) is 80.2 cm³/mol. The molecule has 2 N–H and O–H groups in total. The molecule has 1 heterocycles. The van der Waals surface area contributed by atoms with E-state index in [9.17, 15) is 14.7 Å². The Balaban J connectivity index is 1.95. The number of nitrogens with zero attached hydrogens (tertiary/aromatic N) is 2. The molecule has 2 rings (SSSR count). The predicted octanol–water partition coefficient (Wildman–Crippen LogP) is 2.71. The van der Waals surface area contributed by atoms with Crippen molar-refractivity contribution >= 4 is 28.3 Å². The van der Waals surface area contributed by atoms with E-state index in [4.69, 9.17) is 0 Å². The van der Waals surface area contributed by atoms with Crippen LogP contribution >= 0.6 is 11.3 Å². The molecule has 0 aliphatic heterocycles. The Bertz CT molecular complexity index is 521. The highest BCUT2D eigenvalue weighted by Gasteiger charge is 2.43. The first-order valence-corrected chi connectivity index (χ1v) is 8.08. The summed E-state index contributed by atoms with van der Waals surface area (Å²) in [5.41, 5.74) is -0.893. The van der Waals surface area contributed by atoms with Gasteiger partial charge in [0.15, 0.2) is 0 Å². The Morgan fingerprint density at radius 3 is 2.57 bits per heavy atom. The lowest BCUT2D eigenvalue weighted by Gasteiger charge is -2.22. The third-order valence-electron chi connectivity index (χ3n) is 3.81. The zero-order valence-corrected chi connectivity index (χ0v) is 13.2. The first-order chi connectivity index (χ1) is 9.91. The second kappa shape index (κ2) is 6.51. The van der Waals surface area contributed by atoms with Crippen molar-refractivity contribution < 1.29 is 14.7 Å². The molecule has 0 bridgehead atoms. The van der Waals surface area contributed by atoms with Gasteiger partial charge in [-0.15, -0.1) is 10.2 Å². The van der Waals surface area contributed by atoms with Gasteiger partial charge in [-0.1, -0.05) is 38.0 Å². The van der Waals surface area contributed by atoms with Gasteiger partial charge in [-0.25, -0.2) is 0 Å². The summed E-state index contributed by atoms with van der Waals surface area (Å²) in [6.07, 6.45) is 3.73. The van der Waals surface area contributed by atoms with Crippen LogP contribution in [0.4, 0.5) is 5.13 Å². The van der Waals surface area contributed by atoms with Crippen molar-refractivity contribution in [3.8, 4) is 0 Å². The standard InChI is InChI=1S/C14H21N3O3S/c1-9(2)7-11-16-17-13(21-11)15-10(18)8-14(12(19)20)5-3-4-6-14/h9H,3-8H2,1-2H3,(H,19,20)(H,15,17,18). The minimum absolute atomic E-state index is 0.0153. The van der Waals surface area contributed by atoms with Crippen molar-refractivity contribution in [1.29, 1.82) is 0 Å². The Hall–Kier alpha value is -1.50. The van der Waals surface area contributed by atoms with Crippen molar-refractivity contribution in [3.63, 3.8) is 0 Å². The fraction of sp³-hybridized carbons (Fsp3) is 0.714. The Morgan fingerprint density at radius 2 is 2.00 bits per heavy atom. The zero-order valence-electron chi connectivity index (χ0n) is 12.4. The number of amides is 1. The number of hydrogen-bond acceptors (Lipinski definition) is 5. The molecule has 21 heavy (non-hydrogen) atoms. The average Bonchev–Trinajstić information content (AvgIpc) is 2.99. The van der Waals surface area contributed by atoms with E-state index in [-0.39, 0.29) is 12.3 Å². The van der Waals surface area contributed by atoms with Gasteiger partial charge in [-0.05, 0) is 18.8 Å². The van der Waals surface area contributed by atoms with Gasteiger partial charge in [0.2, 0.25) is 11.0 Å². The lowest BCUT2D eigenvalue weighted by Crippen LogP contribution is -2.32. The third kappa shape index (κ3) is 4.00. The molecule has 0 radical (unpaired) electrons. The number of carbonyl (C=O) groups is 2. The number of carboxylic acids is 1. The smallest absolute Gasteiger partial charge is 0.310 e. The second-order valence-corrected chi connectivity index (χ2v) is 7.18. The first kappa shape index (κ1) is 15.9. The van der Waals surface area contributed by atoms with E-state index < -0.39 is 11.4 Å². The lowest BCUT2D eigenvalue weighted by molar-refractivity contribution is -0.150. The van der Waals surface area contributed by atoms with Gasteiger partial charge in [0.1, 0.15) is 5.01 Å². The molecule has 1 amide bonds. The maximum Gasteiger partial charge on any atom is 0.310 e. The fourth-order valence-electron chi connectivity index (χ4n) is 2.72. The van der Waals surface area contributed by atoms with Gasteiger partial charge in [0, 0.05) is 12.8 Å². The number of nitrogens with one attached hydrogen (secondary N) is 1. The van der Waals surface area contributed by atoms with Crippen LogP contribution < -0.4 is 5.32 Å². The third-order valence-corrected chi connectivity index (χ3v) is 4.67. The van der Waals surface area contributed by atoms with Crippen molar-refractivity contribution in [3.05, 3.63) is 5.01 Å². The molecule has 116 valence electrons. The minimum Gasteiger partial charge on any atom is -0.481 e. The van der Waals surface area contributed by atoms with Gasteiger partial charge in [0.05, 0.1) is 5.41 Å². The molecule has 0 saturated heterocycles. The van der Waals surface area contributed by atoms with E-state index in [1.54, 1.807) is 0 Å². The summed E-state index contributed by atoms with van der Waals surface area (Å²) in [4.78, 5) is 23.5. The first-order valence-electron chi connectivity index (χ1n) is 7.27. The normalized spacial score (nSPS) is 17.1. The van der Waals surface area contributed by atoms with E-state index in [0.29, 0.717) is 23.9 Å². The highest BCUT2D eigenvalue weighted by molar-refractivity contribution is 7.15. The number of hydrogen-bond donors (Lipinski definition) is 2. The van der Waals surface area contributed by atoms with Crippen molar-refractivity contribution in [2.75, 3.05) is 5.32 Å². The molecule has 0 unspecified atom stereocenters. The molecule has 1 aromatic heterocycles. The van der Waals surface area contributed by atoms with Crippen molar-refractivity contribution in [2.24, 2.45) is 11.3 Å². The molecular weight excluding hydrogens is 290 g/mol. The molecule has 1 fully saturated rings. The van der Waals surface area contributed by atoms with E-state index in [1.807, 2.05) is 0 Å². The molecular formula is C14H21N3O3S. The Morgan fingerprint density at radius 1 is 1.33 bits per heavy atom. The lowest BCUT2D eigenvalue weighted by atomic mass is 9.82. The van der Waals surface area contributed by atoms with E-state index in [0.717, 1.165) is 24.3 Å². The van der Waals surface area contributed by atoms with Crippen LogP contribution in [0, 0.1) is 11.3 Å². The summed E-state index contributed by atoms with van der Waals surface area (Å²) >= 11 is 1.35. The summed E-state index contributed by atoms with van der Waals surface area (Å²) < 4.78 is 0. The van der Waals surface area contributed by atoms with Crippen molar-refractivity contribution in [2.45, 2.75) is 52.4 Å². The molecule has 0 aromatic carbocycles. The summed E-state index contributed by atoms with van der Waals surface area (Å²) in [6, 6.07) is 0. The Kier molecular flexibility index (Phi) is 4.92. The van der Waals surface area contributed by atoms with Crippen LogP contribution in [0.2, 0.25) is 0 Å². The number of carbonyl (C=O) groups excluding carboxylic acids is 1. The molecule has 6 nitrogen and oxygen atoms in total. The van der Waals surface area contributed by atoms with Gasteiger partial charge in [0.25, 0.3) is 0 Å². The van der Waals surface area contributed by atoms with Crippen LogP contribution in [0.1, 0.15) is 51.0 Å². The molecule has 1 aliphatic carbocycles. The SMILES string of the molecule is CC(C)Cc1nnc(NC(=O)CC2(C(=O)O)CCCC2)s1. The van der Waals surface area contributed by atoms with Crippen LogP contribution in [-0.4, -0.2) is 27.2 Å². The highest BCUT2D eigenvalue weighted by atomic mass is 32.1. The van der Waals surface area contributed by atoms with Crippen LogP contribution in [0.15, 0.2) is 0 Å². The summed E-state index contributed by atoms with van der Waals surface area (Å²) in [5.74, 6) is -0.672. The highest BCUT2D eigenvalue weighted by Crippen LogP contribution is 2.41. The number of aromatic nitrogens is 2.